The van der Waals surface area contributed by atoms with E-state index in [-0.39, 0.29) is 30.0 Å². The molecule has 0 bridgehead atoms. The van der Waals surface area contributed by atoms with E-state index >= 15 is 0 Å². The summed E-state index contributed by atoms with van der Waals surface area (Å²) < 4.78 is 13.6. The summed E-state index contributed by atoms with van der Waals surface area (Å²) in [5.74, 6) is -0.257. The molecule has 0 spiro atoms. The summed E-state index contributed by atoms with van der Waals surface area (Å²) in [4.78, 5) is 31.1. The molecule has 0 radical (unpaired) electrons. The molecule has 0 saturated heterocycles. The number of anilines is 1. The maximum Gasteiger partial charge on any atom is 0.230 e. The quantitative estimate of drug-likeness (QED) is 0.556. The lowest BCUT2D eigenvalue weighted by atomic mass is 10.1. The molecular formula is C26H26FN3O2. The van der Waals surface area contributed by atoms with E-state index in [0.717, 1.165) is 35.3 Å². The third-order valence-electron chi connectivity index (χ3n) is 5.46. The Morgan fingerprint density at radius 3 is 2.50 bits per heavy atom. The Hall–Kier alpha value is -3.54. The molecule has 1 aliphatic carbocycles. The van der Waals surface area contributed by atoms with Crippen molar-refractivity contribution >= 4 is 17.5 Å². The molecule has 164 valence electrons. The third-order valence-corrected chi connectivity index (χ3v) is 5.46. The maximum atomic E-state index is 13.6. The van der Waals surface area contributed by atoms with Gasteiger partial charge in [-0.3, -0.25) is 14.6 Å². The highest BCUT2D eigenvalue weighted by Gasteiger charge is 2.34. The van der Waals surface area contributed by atoms with Gasteiger partial charge >= 0.3 is 0 Å². The van der Waals surface area contributed by atoms with Crippen LogP contribution in [0.2, 0.25) is 0 Å². The van der Waals surface area contributed by atoms with E-state index in [1.165, 1.54) is 12.1 Å². The van der Waals surface area contributed by atoms with Crippen LogP contribution in [-0.4, -0.2) is 23.3 Å². The lowest BCUT2D eigenvalue weighted by molar-refractivity contribution is -0.121. The summed E-state index contributed by atoms with van der Waals surface area (Å²) in [6.45, 7) is 0.853. The summed E-state index contributed by atoms with van der Waals surface area (Å²) in [5, 5.41) is 2.92. The number of halogens is 1. The Bertz CT molecular complexity index is 1070. The van der Waals surface area contributed by atoms with Gasteiger partial charge in [0.15, 0.2) is 0 Å². The number of carbonyl (C=O) groups is 2. The van der Waals surface area contributed by atoms with Crippen LogP contribution in [0.15, 0.2) is 72.9 Å². The van der Waals surface area contributed by atoms with Crippen molar-refractivity contribution in [2.75, 3.05) is 11.4 Å². The minimum atomic E-state index is -0.314. The third kappa shape index (κ3) is 6.00. The first kappa shape index (κ1) is 21.7. The SMILES string of the molecule is O=C(Cc1ccc(N(Cc2cccc(F)c2)C(=O)C2CC2)cc1)NCCc1ccccn1. The second-order valence-corrected chi connectivity index (χ2v) is 8.09. The Kier molecular flexibility index (Phi) is 6.90. The van der Waals surface area contributed by atoms with Crippen molar-refractivity contribution in [3.05, 3.63) is 95.6 Å². The Morgan fingerprint density at radius 1 is 1.00 bits per heavy atom. The molecule has 2 aromatic carbocycles. The zero-order valence-corrected chi connectivity index (χ0v) is 17.8. The van der Waals surface area contributed by atoms with Crippen LogP contribution in [0.3, 0.4) is 0 Å². The number of nitrogens with one attached hydrogen (secondary N) is 1. The number of aromatic nitrogens is 1. The summed E-state index contributed by atoms with van der Waals surface area (Å²) in [7, 11) is 0. The summed E-state index contributed by atoms with van der Waals surface area (Å²) >= 11 is 0. The van der Waals surface area contributed by atoms with Crippen molar-refractivity contribution in [3.8, 4) is 0 Å². The highest BCUT2D eigenvalue weighted by atomic mass is 19.1. The standard InChI is InChI=1S/C26H26FN3O2/c27-22-5-3-4-20(16-22)18-30(26(32)21-9-10-21)24-11-7-19(8-12-24)17-25(31)29-15-13-23-6-1-2-14-28-23/h1-8,11-12,14,16,21H,9-10,13,15,17-18H2,(H,29,31). The molecule has 4 rings (SSSR count). The van der Waals surface area contributed by atoms with Gasteiger partial charge in [0, 0.05) is 36.5 Å². The van der Waals surface area contributed by atoms with E-state index in [0.29, 0.717) is 19.5 Å². The number of amides is 2. The van der Waals surface area contributed by atoms with E-state index in [2.05, 4.69) is 10.3 Å². The molecule has 1 saturated carbocycles. The van der Waals surface area contributed by atoms with Gasteiger partial charge in [-0.2, -0.15) is 0 Å². The van der Waals surface area contributed by atoms with Crippen molar-refractivity contribution in [2.45, 2.75) is 32.2 Å². The normalized spacial score (nSPS) is 12.9. The molecule has 0 aliphatic heterocycles. The van der Waals surface area contributed by atoms with Gasteiger partial charge in [0.2, 0.25) is 11.8 Å². The van der Waals surface area contributed by atoms with Crippen LogP contribution in [0.4, 0.5) is 10.1 Å². The summed E-state index contributed by atoms with van der Waals surface area (Å²) in [6, 6.07) is 19.5. The first-order valence-electron chi connectivity index (χ1n) is 10.9. The fraction of sp³-hybridized carbons (Fsp3) is 0.269. The minimum Gasteiger partial charge on any atom is -0.355 e. The molecule has 3 aromatic rings. The average Bonchev–Trinajstić information content (AvgIpc) is 3.64. The lowest BCUT2D eigenvalue weighted by Gasteiger charge is -2.23. The largest absolute Gasteiger partial charge is 0.355 e. The number of rotatable bonds is 9. The van der Waals surface area contributed by atoms with Crippen LogP contribution >= 0.6 is 0 Å². The van der Waals surface area contributed by atoms with Crippen molar-refractivity contribution in [3.63, 3.8) is 0 Å². The van der Waals surface area contributed by atoms with Gasteiger partial charge in [0.1, 0.15) is 5.82 Å². The topological polar surface area (TPSA) is 62.3 Å². The zero-order chi connectivity index (χ0) is 22.3. The van der Waals surface area contributed by atoms with E-state index in [1.807, 2.05) is 48.5 Å². The summed E-state index contributed by atoms with van der Waals surface area (Å²) in [6.07, 6.45) is 4.49. The van der Waals surface area contributed by atoms with Gasteiger partial charge < -0.3 is 10.2 Å². The van der Waals surface area contributed by atoms with E-state index < -0.39 is 0 Å². The van der Waals surface area contributed by atoms with Crippen LogP contribution < -0.4 is 10.2 Å². The average molecular weight is 432 g/mol. The Balaban J connectivity index is 1.36. The number of hydrogen-bond donors (Lipinski definition) is 1. The van der Waals surface area contributed by atoms with Crippen LogP contribution in [-0.2, 0) is 29.0 Å². The molecule has 1 aromatic heterocycles. The lowest BCUT2D eigenvalue weighted by Crippen LogP contribution is -2.31. The highest BCUT2D eigenvalue weighted by Crippen LogP contribution is 2.33. The smallest absolute Gasteiger partial charge is 0.230 e. The van der Waals surface area contributed by atoms with E-state index in [1.54, 1.807) is 17.2 Å². The van der Waals surface area contributed by atoms with Gasteiger partial charge in [-0.05, 0) is 60.4 Å². The minimum absolute atomic E-state index is 0.0492. The number of pyridine rings is 1. The van der Waals surface area contributed by atoms with Crippen molar-refractivity contribution in [1.29, 1.82) is 0 Å². The van der Waals surface area contributed by atoms with E-state index in [4.69, 9.17) is 0 Å². The fourth-order valence-electron chi connectivity index (χ4n) is 3.58. The molecule has 1 N–H and O–H groups in total. The molecule has 1 heterocycles. The molecule has 5 nitrogen and oxygen atoms in total. The van der Waals surface area contributed by atoms with Crippen LogP contribution in [0.1, 0.15) is 29.7 Å². The second kappa shape index (κ2) is 10.2. The number of nitrogens with zero attached hydrogens (tertiary/aromatic N) is 2. The molecule has 2 amide bonds. The van der Waals surface area contributed by atoms with Gasteiger partial charge in [0.25, 0.3) is 0 Å². The van der Waals surface area contributed by atoms with Gasteiger partial charge in [-0.15, -0.1) is 0 Å². The van der Waals surface area contributed by atoms with Gasteiger partial charge in [0.05, 0.1) is 13.0 Å². The first-order valence-corrected chi connectivity index (χ1v) is 10.9. The summed E-state index contributed by atoms with van der Waals surface area (Å²) in [5.41, 5.74) is 3.31. The molecule has 32 heavy (non-hydrogen) atoms. The van der Waals surface area contributed by atoms with Crippen molar-refractivity contribution < 1.29 is 14.0 Å². The molecule has 6 heteroatoms. The highest BCUT2D eigenvalue weighted by molar-refractivity contribution is 5.96. The van der Waals surface area contributed by atoms with Crippen LogP contribution in [0.5, 0.6) is 0 Å². The van der Waals surface area contributed by atoms with Crippen LogP contribution in [0, 0.1) is 11.7 Å². The van der Waals surface area contributed by atoms with Crippen molar-refractivity contribution in [2.24, 2.45) is 5.92 Å². The predicted octanol–water partition coefficient (Wildman–Crippen LogP) is 4.07. The maximum absolute atomic E-state index is 13.6. The molecule has 1 aliphatic rings. The molecule has 1 fully saturated rings. The number of carbonyl (C=O) groups excluding carboxylic acids is 2. The molecule has 0 unspecified atom stereocenters. The fourth-order valence-corrected chi connectivity index (χ4v) is 3.58. The van der Waals surface area contributed by atoms with E-state index in [9.17, 15) is 14.0 Å². The first-order chi connectivity index (χ1) is 15.6. The second-order valence-electron chi connectivity index (χ2n) is 8.09. The molecular weight excluding hydrogens is 405 g/mol. The number of benzene rings is 2. The Labute approximate surface area is 187 Å². The predicted molar refractivity (Wildman–Crippen MR) is 121 cm³/mol. The van der Waals surface area contributed by atoms with Gasteiger partial charge in [-0.1, -0.05) is 30.3 Å². The number of hydrogen-bond acceptors (Lipinski definition) is 3. The molecule has 0 atom stereocenters. The zero-order valence-electron chi connectivity index (χ0n) is 17.8. The monoisotopic (exact) mass is 431 g/mol. The Morgan fingerprint density at radius 2 is 1.81 bits per heavy atom. The van der Waals surface area contributed by atoms with Gasteiger partial charge in [-0.25, -0.2) is 4.39 Å². The van der Waals surface area contributed by atoms with Crippen molar-refractivity contribution in [1.82, 2.24) is 10.3 Å². The van der Waals surface area contributed by atoms with Crippen LogP contribution in [0.25, 0.3) is 0 Å².